The Kier molecular flexibility index (Phi) is 7.02. The Bertz CT molecular complexity index is 1140. The Labute approximate surface area is 252 Å². The van der Waals surface area contributed by atoms with Crippen molar-refractivity contribution in [1.29, 1.82) is 0 Å². The third-order valence-corrected chi connectivity index (χ3v) is 14.5. The zero-order valence-corrected chi connectivity index (χ0v) is 27.2. The lowest BCUT2D eigenvalue weighted by Gasteiger charge is -2.68. The molecule has 0 aromatic carbocycles. The molecular weight excluding hydrogens is 532 g/mol. The van der Waals surface area contributed by atoms with Crippen LogP contribution in [0.1, 0.15) is 113 Å². The summed E-state index contributed by atoms with van der Waals surface area (Å²) in [7, 11) is 0. The van der Waals surface area contributed by atoms with Gasteiger partial charge in [0.05, 0.1) is 17.8 Å². The van der Waals surface area contributed by atoms with Gasteiger partial charge < -0.3 is 29.9 Å². The molecule has 6 fully saturated rings. The smallest absolute Gasteiger partial charge is 0.330 e. The largest absolute Gasteiger partial charge is 0.459 e. The van der Waals surface area contributed by atoms with Crippen molar-refractivity contribution < 1.29 is 34.7 Å². The predicted molar refractivity (Wildman–Crippen MR) is 159 cm³/mol. The molecule has 42 heavy (non-hydrogen) atoms. The van der Waals surface area contributed by atoms with Gasteiger partial charge in [0.25, 0.3) is 0 Å². The summed E-state index contributed by atoms with van der Waals surface area (Å²) >= 11 is 0. The molecule has 1 heterocycles. The van der Waals surface area contributed by atoms with E-state index in [1.165, 1.54) is 0 Å². The molecule has 238 valence electrons. The molecule has 7 heteroatoms. The second-order valence-corrected chi connectivity index (χ2v) is 17.3. The summed E-state index contributed by atoms with van der Waals surface area (Å²) in [6, 6.07) is 0. The molecule has 6 aliphatic rings. The Hall–Kier alpha value is -0.990. The highest BCUT2D eigenvalue weighted by Crippen LogP contribution is 2.91. The van der Waals surface area contributed by atoms with Gasteiger partial charge in [-0.25, -0.2) is 4.79 Å². The molecule has 13 atom stereocenters. The van der Waals surface area contributed by atoms with Crippen molar-refractivity contribution in [1.82, 2.24) is 0 Å². The maximum absolute atomic E-state index is 12.6. The van der Waals surface area contributed by atoms with Crippen molar-refractivity contribution in [3.63, 3.8) is 0 Å². The molecule has 5 saturated carbocycles. The Morgan fingerprint density at radius 3 is 2.33 bits per heavy atom. The fraction of sp³-hybridized carbons (Fsp3) is 0.914. The van der Waals surface area contributed by atoms with E-state index in [2.05, 4.69) is 27.7 Å². The third-order valence-electron chi connectivity index (χ3n) is 14.5. The quantitative estimate of drug-likeness (QED) is 0.260. The third kappa shape index (κ3) is 3.98. The highest BCUT2D eigenvalue weighted by Gasteiger charge is 2.85. The molecule has 0 aromatic heterocycles. The number of esters is 1. The van der Waals surface area contributed by atoms with E-state index in [-0.39, 0.29) is 51.0 Å². The minimum absolute atomic E-state index is 0.0520. The number of aliphatic hydroxyl groups excluding tert-OH is 3. The normalized spacial score (nSPS) is 51.4. The van der Waals surface area contributed by atoms with Crippen LogP contribution >= 0.6 is 0 Å². The fourth-order valence-corrected chi connectivity index (χ4v) is 12.6. The number of carbonyl (C=O) groups excluding carboxylic acids is 1. The van der Waals surface area contributed by atoms with Gasteiger partial charge in [0, 0.05) is 22.8 Å². The summed E-state index contributed by atoms with van der Waals surface area (Å²) in [5.74, 6) is 0.611. The summed E-state index contributed by atoms with van der Waals surface area (Å²) in [5.41, 5.74) is -0.595. The summed E-state index contributed by atoms with van der Waals surface area (Å²) in [6.45, 7) is 16.4. The molecule has 0 spiro atoms. The van der Waals surface area contributed by atoms with Crippen LogP contribution < -0.4 is 0 Å². The van der Waals surface area contributed by atoms with Crippen LogP contribution in [0.3, 0.4) is 0 Å². The van der Waals surface area contributed by atoms with Crippen molar-refractivity contribution in [3.05, 3.63) is 11.6 Å². The van der Waals surface area contributed by atoms with E-state index in [0.717, 1.165) is 56.9 Å². The molecule has 4 N–H and O–H groups in total. The van der Waals surface area contributed by atoms with Gasteiger partial charge in [-0.2, -0.15) is 0 Å². The summed E-state index contributed by atoms with van der Waals surface area (Å²) < 4.78 is 12.0. The van der Waals surface area contributed by atoms with Crippen LogP contribution in [0.5, 0.6) is 0 Å². The Balaban J connectivity index is 1.25. The van der Waals surface area contributed by atoms with Gasteiger partial charge in [0.2, 0.25) is 0 Å². The van der Waals surface area contributed by atoms with Gasteiger partial charge in [-0.05, 0) is 119 Å². The standard InChI is InChI=1S/C35H56O7/c1-19(2)15-27(37)42-26-11-12-32(7)23-10-13-34-18-35(34,33(23,8)25(36)17-24(32)30(26,3)4)14-9-21(34)20-16-22(41-29(20)39)28(38)31(5,6)40/h15,20-26,28-29,36,38-40H,9-14,16-18H2,1-8H3/t20-,21-,22+,23+,24-,25+,26-,28-,29+,32+,33-,34+,35+/m0/s1. The first-order chi connectivity index (χ1) is 19.3. The number of rotatable bonds is 5. The summed E-state index contributed by atoms with van der Waals surface area (Å²) in [4.78, 5) is 12.6. The second kappa shape index (κ2) is 9.51. The highest BCUT2D eigenvalue weighted by molar-refractivity contribution is 5.82. The van der Waals surface area contributed by atoms with Crippen molar-refractivity contribution >= 4 is 5.97 Å². The minimum Gasteiger partial charge on any atom is -0.459 e. The lowest BCUT2D eigenvalue weighted by Crippen LogP contribution is -2.66. The maximum Gasteiger partial charge on any atom is 0.330 e. The van der Waals surface area contributed by atoms with E-state index in [0.29, 0.717) is 18.3 Å². The monoisotopic (exact) mass is 588 g/mol. The number of hydrogen-bond acceptors (Lipinski definition) is 7. The number of hydrogen-bond donors (Lipinski definition) is 4. The maximum atomic E-state index is 12.6. The van der Waals surface area contributed by atoms with E-state index in [9.17, 15) is 25.2 Å². The molecule has 7 nitrogen and oxygen atoms in total. The van der Waals surface area contributed by atoms with E-state index < -0.39 is 30.2 Å². The fourth-order valence-electron chi connectivity index (χ4n) is 12.6. The minimum atomic E-state index is -1.29. The Morgan fingerprint density at radius 2 is 1.69 bits per heavy atom. The van der Waals surface area contributed by atoms with E-state index in [1.807, 2.05) is 13.8 Å². The van der Waals surface area contributed by atoms with Gasteiger partial charge >= 0.3 is 5.97 Å². The second-order valence-electron chi connectivity index (χ2n) is 17.3. The number of fused-ring (bicyclic) bond motifs is 3. The number of carbonyl (C=O) groups is 1. The number of ether oxygens (including phenoxy) is 2. The van der Waals surface area contributed by atoms with Gasteiger partial charge in [0.15, 0.2) is 6.29 Å². The molecule has 0 aromatic rings. The van der Waals surface area contributed by atoms with Crippen LogP contribution in [0.25, 0.3) is 0 Å². The Morgan fingerprint density at radius 1 is 1.00 bits per heavy atom. The van der Waals surface area contributed by atoms with Gasteiger partial charge in [-0.1, -0.05) is 33.3 Å². The van der Waals surface area contributed by atoms with E-state index in [1.54, 1.807) is 19.9 Å². The molecule has 0 amide bonds. The van der Waals surface area contributed by atoms with Gasteiger partial charge in [-0.15, -0.1) is 0 Å². The zero-order chi connectivity index (χ0) is 30.8. The first-order valence-electron chi connectivity index (χ1n) is 16.6. The van der Waals surface area contributed by atoms with Crippen LogP contribution in [0.15, 0.2) is 11.6 Å². The number of aliphatic hydroxyl groups is 4. The average Bonchev–Trinajstić information content (AvgIpc) is 3.24. The predicted octanol–water partition coefficient (Wildman–Crippen LogP) is 5.13. The van der Waals surface area contributed by atoms with Gasteiger partial charge in [-0.3, -0.25) is 0 Å². The van der Waals surface area contributed by atoms with Crippen molar-refractivity contribution in [2.75, 3.05) is 0 Å². The molecule has 0 radical (unpaired) electrons. The van der Waals surface area contributed by atoms with Crippen molar-refractivity contribution in [2.24, 2.45) is 50.7 Å². The van der Waals surface area contributed by atoms with E-state index in [4.69, 9.17) is 9.47 Å². The van der Waals surface area contributed by atoms with Crippen molar-refractivity contribution in [2.45, 2.75) is 149 Å². The van der Waals surface area contributed by atoms with Crippen LogP contribution in [0.4, 0.5) is 0 Å². The van der Waals surface area contributed by atoms with Crippen LogP contribution in [0, 0.1) is 50.7 Å². The lowest BCUT2D eigenvalue weighted by atomic mass is 9.37. The number of allylic oxidation sites excluding steroid dienone is 1. The topological polar surface area (TPSA) is 116 Å². The van der Waals surface area contributed by atoms with Crippen LogP contribution in [-0.2, 0) is 14.3 Å². The first kappa shape index (κ1) is 31.0. The highest BCUT2D eigenvalue weighted by atomic mass is 16.6. The summed E-state index contributed by atoms with van der Waals surface area (Å²) in [6.07, 6.45) is 6.91. The van der Waals surface area contributed by atoms with Gasteiger partial charge in [0.1, 0.15) is 12.2 Å². The SMILES string of the molecule is CC(C)=CC(=O)O[C@H]1CC[C@]2(C)[C@H]3CC[C@]45C[C@]4(CC[C@H]5[C@@H]4C[C@H]([C@H](O)C(C)(C)O)O[C@H]4O)[C@]3(C)[C@H](O)C[C@H]2C1(C)C. The van der Waals surface area contributed by atoms with Crippen LogP contribution in [-0.4, -0.2) is 62.7 Å². The molecule has 1 aliphatic heterocycles. The molecule has 6 rings (SSSR count). The summed E-state index contributed by atoms with van der Waals surface area (Å²) in [5, 5.41) is 44.5. The van der Waals surface area contributed by atoms with Crippen LogP contribution in [0.2, 0.25) is 0 Å². The van der Waals surface area contributed by atoms with Crippen molar-refractivity contribution in [3.8, 4) is 0 Å². The molecule has 1 saturated heterocycles. The molecule has 5 aliphatic carbocycles. The first-order valence-corrected chi connectivity index (χ1v) is 16.6. The zero-order valence-electron chi connectivity index (χ0n) is 27.2. The lowest BCUT2D eigenvalue weighted by molar-refractivity contribution is -0.245. The molecular formula is C35H56O7. The molecule has 0 bridgehead atoms. The average molecular weight is 589 g/mol. The molecule has 0 unspecified atom stereocenters. The van der Waals surface area contributed by atoms with E-state index >= 15 is 0 Å².